The summed E-state index contributed by atoms with van der Waals surface area (Å²) in [5.41, 5.74) is 5.68. The van der Waals surface area contributed by atoms with Crippen LogP contribution in [0.1, 0.15) is 21.6 Å². The lowest BCUT2D eigenvalue weighted by molar-refractivity contribution is 0.0987. The number of hydrogen-bond acceptors (Lipinski definition) is 5. The third-order valence-corrected chi connectivity index (χ3v) is 2.93. The molecule has 2 rings (SSSR count). The molecule has 2 aromatic rings. The van der Waals surface area contributed by atoms with Gasteiger partial charge in [0.05, 0.1) is 0 Å². The quantitative estimate of drug-likeness (QED) is 0.655. The van der Waals surface area contributed by atoms with Crippen LogP contribution >= 0.6 is 0 Å². The number of nitrogen functional groups attached to an aromatic ring is 1. The van der Waals surface area contributed by atoms with Gasteiger partial charge in [0.1, 0.15) is 0 Å². The first kappa shape index (κ1) is 14.0. The molecule has 0 atom stereocenters. The van der Waals surface area contributed by atoms with E-state index in [0.29, 0.717) is 5.82 Å². The number of nitrogens with two attached hydrogens (primary N) is 1. The Hall–Kier alpha value is -2.47. The molecule has 0 saturated heterocycles. The molecule has 6 nitrogen and oxygen atoms in total. The van der Waals surface area contributed by atoms with Crippen LogP contribution in [0.3, 0.4) is 0 Å². The van der Waals surface area contributed by atoms with Crippen LogP contribution < -0.4 is 16.2 Å². The van der Waals surface area contributed by atoms with E-state index in [1.807, 2.05) is 26.0 Å². The van der Waals surface area contributed by atoms with E-state index in [4.69, 9.17) is 5.84 Å². The van der Waals surface area contributed by atoms with Crippen molar-refractivity contribution in [1.82, 2.24) is 10.2 Å². The molecule has 0 unspecified atom stereocenters. The molecule has 6 heteroatoms. The Labute approximate surface area is 117 Å². The SMILES string of the molecule is Cc1cc(C)cc(N(C)C(=O)c2ccc(NN)nn2)c1. The second-order valence-electron chi connectivity index (χ2n) is 4.66. The standard InChI is InChI=1S/C14H17N5O/c1-9-6-10(2)8-11(7-9)19(3)14(20)12-4-5-13(16-15)18-17-12/h4-8H,15H2,1-3H3,(H,16,18). The highest BCUT2D eigenvalue weighted by Gasteiger charge is 2.15. The average molecular weight is 271 g/mol. The van der Waals surface area contributed by atoms with Crippen molar-refractivity contribution in [2.45, 2.75) is 13.8 Å². The van der Waals surface area contributed by atoms with Crippen molar-refractivity contribution in [2.24, 2.45) is 5.84 Å². The van der Waals surface area contributed by atoms with Gasteiger partial charge >= 0.3 is 0 Å². The third-order valence-electron chi connectivity index (χ3n) is 2.93. The number of nitrogens with one attached hydrogen (secondary N) is 1. The summed E-state index contributed by atoms with van der Waals surface area (Å²) < 4.78 is 0. The number of hydrazine groups is 1. The lowest BCUT2D eigenvalue weighted by Gasteiger charge is -2.18. The zero-order valence-electron chi connectivity index (χ0n) is 11.7. The molecule has 0 aliphatic heterocycles. The molecular formula is C14H17N5O. The van der Waals surface area contributed by atoms with Gasteiger partial charge < -0.3 is 10.3 Å². The second-order valence-corrected chi connectivity index (χ2v) is 4.66. The predicted octanol–water partition coefficient (Wildman–Crippen LogP) is 1.66. The van der Waals surface area contributed by atoms with Crippen molar-refractivity contribution in [3.8, 4) is 0 Å². The van der Waals surface area contributed by atoms with E-state index in [1.54, 1.807) is 24.1 Å². The monoisotopic (exact) mass is 271 g/mol. The van der Waals surface area contributed by atoms with Crippen LogP contribution in [0, 0.1) is 13.8 Å². The molecular weight excluding hydrogens is 254 g/mol. The molecule has 20 heavy (non-hydrogen) atoms. The lowest BCUT2D eigenvalue weighted by Crippen LogP contribution is -2.27. The Bertz CT molecular complexity index is 604. The fraction of sp³-hybridized carbons (Fsp3) is 0.214. The molecule has 0 fully saturated rings. The zero-order valence-corrected chi connectivity index (χ0v) is 11.7. The predicted molar refractivity (Wildman–Crippen MR) is 78.5 cm³/mol. The van der Waals surface area contributed by atoms with Gasteiger partial charge in [0.15, 0.2) is 11.5 Å². The number of aromatic nitrogens is 2. The van der Waals surface area contributed by atoms with Crippen LogP contribution in [-0.2, 0) is 0 Å². The fourth-order valence-corrected chi connectivity index (χ4v) is 1.96. The molecule has 3 N–H and O–H groups in total. The van der Waals surface area contributed by atoms with Gasteiger partial charge in [-0.1, -0.05) is 6.07 Å². The summed E-state index contributed by atoms with van der Waals surface area (Å²) in [6, 6.07) is 9.16. The molecule has 0 aliphatic carbocycles. The number of amides is 1. The number of nitrogens with zero attached hydrogens (tertiary/aromatic N) is 3. The maximum absolute atomic E-state index is 12.3. The first-order valence-corrected chi connectivity index (χ1v) is 6.18. The normalized spacial score (nSPS) is 10.2. The number of anilines is 2. The first-order valence-electron chi connectivity index (χ1n) is 6.18. The van der Waals surface area contributed by atoms with E-state index in [0.717, 1.165) is 16.8 Å². The Kier molecular flexibility index (Phi) is 3.95. The van der Waals surface area contributed by atoms with Crippen LogP contribution in [0.2, 0.25) is 0 Å². The Morgan fingerprint density at radius 3 is 2.30 bits per heavy atom. The number of aryl methyl sites for hydroxylation is 2. The van der Waals surface area contributed by atoms with E-state index < -0.39 is 0 Å². The van der Waals surface area contributed by atoms with Gasteiger partial charge in [-0.05, 0) is 49.2 Å². The van der Waals surface area contributed by atoms with E-state index in [9.17, 15) is 4.79 Å². The Morgan fingerprint density at radius 2 is 1.80 bits per heavy atom. The first-order chi connectivity index (χ1) is 9.51. The number of carbonyl (C=O) groups excluding carboxylic acids is 1. The number of rotatable bonds is 3. The van der Waals surface area contributed by atoms with Gasteiger partial charge in [-0.15, -0.1) is 10.2 Å². The molecule has 1 heterocycles. The van der Waals surface area contributed by atoms with Gasteiger partial charge in [-0.2, -0.15) is 0 Å². The largest absolute Gasteiger partial charge is 0.310 e. The maximum Gasteiger partial charge on any atom is 0.278 e. The molecule has 0 saturated carbocycles. The number of hydrogen-bond donors (Lipinski definition) is 2. The summed E-state index contributed by atoms with van der Waals surface area (Å²) >= 11 is 0. The van der Waals surface area contributed by atoms with Crippen LogP contribution in [0.4, 0.5) is 11.5 Å². The van der Waals surface area contributed by atoms with Crippen LogP contribution in [0.15, 0.2) is 30.3 Å². The minimum absolute atomic E-state index is 0.217. The Morgan fingerprint density at radius 1 is 1.15 bits per heavy atom. The van der Waals surface area contributed by atoms with Gasteiger partial charge in [0.25, 0.3) is 5.91 Å². The number of carbonyl (C=O) groups is 1. The van der Waals surface area contributed by atoms with Crippen molar-refractivity contribution in [1.29, 1.82) is 0 Å². The molecule has 0 radical (unpaired) electrons. The van der Waals surface area contributed by atoms with Crippen LogP contribution in [0.25, 0.3) is 0 Å². The van der Waals surface area contributed by atoms with Crippen molar-refractivity contribution < 1.29 is 4.79 Å². The van der Waals surface area contributed by atoms with Crippen molar-refractivity contribution >= 4 is 17.4 Å². The summed E-state index contributed by atoms with van der Waals surface area (Å²) in [5, 5.41) is 7.65. The highest BCUT2D eigenvalue weighted by Crippen LogP contribution is 2.19. The molecule has 104 valence electrons. The molecule has 0 aliphatic rings. The van der Waals surface area contributed by atoms with Gasteiger partial charge in [0.2, 0.25) is 0 Å². The van der Waals surface area contributed by atoms with E-state index in [1.165, 1.54) is 0 Å². The maximum atomic E-state index is 12.3. The molecule has 1 amide bonds. The molecule has 1 aromatic heterocycles. The summed E-state index contributed by atoms with van der Waals surface area (Å²) in [5.74, 6) is 5.41. The van der Waals surface area contributed by atoms with E-state index >= 15 is 0 Å². The second kappa shape index (κ2) is 5.66. The van der Waals surface area contributed by atoms with Gasteiger partial charge in [-0.3, -0.25) is 4.79 Å². The topological polar surface area (TPSA) is 84.1 Å². The highest BCUT2D eigenvalue weighted by molar-refractivity contribution is 6.04. The smallest absolute Gasteiger partial charge is 0.278 e. The van der Waals surface area contributed by atoms with Crippen LogP contribution in [-0.4, -0.2) is 23.2 Å². The summed E-state index contributed by atoms with van der Waals surface area (Å²) in [4.78, 5) is 13.9. The van der Waals surface area contributed by atoms with E-state index in [2.05, 4.69) is 21.7 Å². The summed E-state index contributed by atoms with van der Waals surface area (Å²) in [6.45, 7) is 3.99. The minimum Gasteiger partial charge on any atom is -0.310 e. The molecule has 1 aromatic carbocycles. The zero-order chi connectivity index (χ0) is 14.7. The summed E-state index contributed by atoms with van der Waals surface area (Å²) in [7, 11) is 1.72. The summed E-state index contributed by atoms with van der Waals surface area (Å²) in [6.07, 6.45) is 0. The van der Waals surface area contributed by atoms with Gasteiger partial charge in [-0.25, -0.2) is 5.84 Å². The average Bonchev–Trinajstić information content (AvgIpc) is 2.45. The highest BCUT2D eigenvalue weighted by atomic mass is 16.2. The Balaban J connectivity index is 2.27. The molecule has 0 spiro atoms. The lowest BCUT2D eigenvalue weighted by atomic mass is 10.1. The molecule has 0 bridgehead atoms. The van der Waals surface area contributed by atoms with Gasteiger partial charge in [0, 0.05) is 12.7 Å². The fourth-order valence-electron chi connectivity index (χ4n) is 1.96. The van der Waals surface area contributed by atoms with Crippen molar-refractivity contribution in [3.63, 3.8) is 0 Å². The minimum atomic E-state index is -0.217. The number of benzene rings is 1. The van der Waals surface area contributed by atoms with Crippen molar-refractivity contribution in [2.75, 3.05) is 17.4 Å². The third kappa shape index (κ3) is 2.92. The van der Waals surface area contributed by atoms with Crippen LogP contribution in [0.5, 0.6) is 0 Å². The van der Waals surface area contributed by atoms with Crippen molar-refractivity contribution in [3.05, 3.63) is 47.2 Å². The van der Waals surface area contributed by atoms with E-state index in [-0.39, 0.29) is 11.6 Å².